The zero-order valence-electron chi connectivity index (χ0n) is 7.60. The Bertz CT molecular complexity index is 324. The lowest BCUT2D eigenvalue weighted by Crippen LogP contribution is -1.99. The number of anilines is 1. The fourth-order valence-corrected chi connectivity index (χ4v) is 1.53. The van der Waals surface area contributed by atoms with E-state index in [1.54, 1.807) is 0 Å². The second kappa shape index (κ2) is 5.33. The predicted octanol–water partition coefficient (Wildman–Crippen LogP) is 2.43. The second-order valence-corrected chi connectivity index (χ2v) is 3.63. The minimum Gasteiger partial charge on any atom is -0.361 e. The largest absolute Gasteiger partial charge is 0.361 e. The molecule has 76 valence electrons. The lowest BCUT2D eigenvalue weighted by molar-refractivity contribution is -0.380. The fourth-order valence-electron chi connectivity index (χ4n) is 0.873. The summed E-state index contributed by atoms with van der Waals surface area (Å²) in [7, 11) is 0. The number of hydrogen-bond acceptors (Lipinski definition) is 5. The lowest BCUT2D eigenvalue weighted by atomic mass is 10.3. The van der Waals surface area contributed by atoms with E-state index in [1.165, 1.54) is 6.20 Å². The average molecular weight is 213 g/mol. The van der Waals surface area contributed by atoms with Gasteiger partial charge in [-0.25, -0.2) is 4.98 Å². The Balaban J connectivity index is 2.36. The predicted molar refractivity (Wildman–Crippen MR) is 56.7 cm³/mol. The number of aromatic nitrogens is 1. The number of unbranched alkanes of at least 4 members (excludes halogenated alkanes) is 1. The van der Waals surface area contributed by atoms with Crippen LogP contribution >= 0.6 is 11.3 Å². The Morgan fingerprint density at radius 3 is 3.14 bits per heavy atom. The van der Waals surface area contributed by atoms with Gasteiger partial charge >= 0.3 is 5.00 Å². The molecule has 1 rings (SSSR count). The van der Waals surface area contributed by atoms with Crippen LogP contribution in [0.15, 0.2) is 18.9 Å². The first kappa shape index (κ1) is 10.6. The summed E-state index contributed by atoms with van der Waals surface area (Å²) in [6.45, 7) is 4.36. The van der Waals surface area contributed by atoms with Crippen LogP contribution in [0, 0.1) is 10.1 Å². The van der Waals surface area contributed by atoms with Crippen LogP contribution in [0.1, 0.15) is 12.8 Å². The number of rotatable bonds is 6. The summed E-state index contributed by atoms with van der Waals surface area (Å²) >= 11 is 1.05. The number of nitrogens with zero attached hydrogens (tertiary/aromatic N) is 2. The molecule has 6 heteroatoms. The topological polar surface area (TPSA) is 68.1 Å². The standard InChI is InChI=1S/C8H11N3O2S/c1-2-3-4-5-9-8-10-6-7(14-8)11(12)13/h2,6H,1,3-5H2,(H,9,10). The minimum absolute atomic E-state index is 0.0659. The van der Waals surface area contributed by atoms with Crippen molar-refractivity contribution in [1.29, 1.82) is 0 Å². The number of nitrogens with one attached hydrogen (secondary N) is 1. The summed E-state index contributed by atoms with van der Waals surface area (Å²) in [5, 5.41) is 14.0. The van der Waals surface area contributed by atoms with Crippen molar-refractivity contribution in [2.24, 2.45) is 0 Å². The summed E-state index contributed by atoms with van der Waals surface area (Å²) < 4.78 is 0. The van der Waals surface area contributed by atoms with Crippen molar-refractivity contribution in [3.8, 4) is 0 Å². The van der Waals surface area contributed by atoms with Crippen LogP contribution in [-0.4, -0.2) is 16.5 Å². The Morgan fingerprint density at radius 1 is 1.79 bits per heavy atom. The van der Waals surface area contributed by atoms with E-state index in [4.69, 9.17) is 0 Å². The summed E-state index contributed by atoms with van der Waals surface area (Å²) in [6, 6.07) is 0. The van der Waals surface area contributed by atoms with E-state index in [2.05, 4.69) is 16.9 Å². The van der Waals surface area contributed by atoms with Crippen molar-refractivity contribution in [1.82, 2.24) is 4.98 Å². The molecule has 0 saturated heterocycles. The number of allylic oxidation sites excluding steroid dienone is 1. The minimum atomic E-state index is -0.438. The fraction of sp³-hybridized carbons (Fsp3) is 0.375. The molecule has 0 radical (unpaired) electrons. The molecule has 5 nitrogen and oxygen atoms in total. The second-order valence-electron chi connectivity index (χ2n) is 2.62. The lowest BCUT2D eigenvalue weighted by Gasteiger charge is -1.98. The first-order valence-electron chi connectivity index (χ1n) is 4.19. The van der Waals surface area contributed by atoms with Gasteiger partial charge in [0.05, 0.1) is 4.92 Å². The molecule has 0 fully saturated rings. The first-order valence-corrected chi connectivity index (χ1v) is 5.00. The van der Waals surface area contributed by atoms with E-state index >= 15 is 0 Å². The molecule has 1 heterocycles. The third-order valence-corrected chi connectivity index (χ3v) is 2.44. The average Bonchev–Trinajstić information content (AvgIpc) is 2.61. The van der Waals surface area contributed by atoms with Crippen molar-refractivity contribution in [3.05, 3.63) is 29.0 Å². The van der Waals surface area contributed by atoms with Gasteiger partial charge in [0, 0.05) is 6.54 Å². The van der Waals surface area contributed by atoms with Gasteiger partial charge in [-0.3, -0.25) is 10.1 Å². The Labute approximate surface area is 85.6 Å². The van der Waals surface area contributed by atoms with Crippen molar-refractivity contribution in [2.45, 2.75) is 12.8 Å². The van der Waals surface area contributed by atoms with Crippen molar-refractivity contribution in [2.75, 3.05) is 11.9 Å². The Kier molecular flexibility index (Phi) is 4.06. The third-order valence-electron chi connectivity index (χ3n) is 1.53. The molecule has 0 unspecified atom stereocenters. The molecule has 0 aliphatic heterocycles. The highest BCUT2D eigenvalue weighted by Gasteiger charge is 2.10. The van der Waals surface area contributed by atoms with Crippen molar-refractivity contribution in [3.63, 3.8) is 0 Å². The highest BCUT2D eigenvalue weighted by atomic mass is 32.1. The van der Waals surface area contributed by atoms with Gasteiger partial charge in [-0.05, 0) is 24.2 Å². The van der Waals surface area contributed by atoms with Gasteiger partial charge in [0.15, 0.2) is 5.13 Å². The maximum absolute atomic E-state index is 10.3. The van der Waals surface area contributed by atoms with Gasteiger partial charge in [-0.2, -0.15) is 0 Å². The van der Waals surface area contributed by atoms with Crippen LogP contribution in [0.3, 0.4) is 0 Å². The van der Waals surface area contributed by atoms with E-state index in [0.29, 0.717) is 5.13 Å². The molecular formula is C8H11N3O2S. The van der Waals surface area contributed by atoms with Gasteiger partial charge in [0.2, 0.25) is 0 Å². The van der Waals surface area contributed by atoms with E-state index in [0.717, 1.165) is 30.7 Å². The molecule has 0 saturated carbocycles. The normalized spacial score (nSPS) is 9.71. The van der Waals surface area contributed by atoms with Crippen LogP contribution in [0.25, 0.3) is 0 Å². The molecule has 0 atom stereocenters. The number of nitro groups is 1. The highest BCUT2D eigenvalue weighted by Crippen LogP contribution is 2.24. The van der Waals surface area contributed by atoms with Crippen molar-refractivity contribution < 1.29 is 4.92 Å². The van der Waals surface area contributed by atoms with Crippen LogP contribution in [0.2, 0.25) is 0 Å². The summed E-state index contributed by atoms with van der Waals surface area (Å²) in [4.78, 5) is 13.8. The van der Waals surface area contributed by atoms with Crippen molar-refractivity contribution >= 4 is 21.5 Å². The number of thiazole rings is 1. The van der Waals surface area contributed by atoms with Gasteiger partial charge in [0.1, 0.15) is 6.20 Å². The smallest absolute Gasteiger partial charge is 0.345 e. The molecular weight excluding hydrogens is 202 g/mol. The van der Waals surface area contributed by atoms with Gasteiger partial charge < -0.3 is 5.32 Å². The molecule has 0 aliphatic carbocycles. The molecule has 0 amide bonds. The Hall–Kier alpha value is -1.43. The molecule has 0 aromatic carbocycles. The van der Waals surface area contributed by atoms with Crippen LogP contribution in [-0.2, 0) is 0 Å². The molecule has 0 aliphatic rings. The van der Waals surface area contributed by atoms with Gasteiger partial charge in [-0.1, -0.05) is 6.08 Å². The number of hydrogen-bond donors (Lipinski definition) is 1. The van der Waals surface area contributed by atoms with E-state index < -0.39 is 4.92 Å². The molecule has 1 aromatic heterocycles. The van der Waals surface area contributed by atoms with Crippen LogP contribution in [0.5, 0.6) is 0 Å². The molecule has 0 bridgehead atoms. The first-order chi connectivity index (χ1) is 6.74. The Morgan fingerprint density at radius 2 is 2.57 bits per heavy atom. The molecule has 0 spiro atoms. The maximum atomic E-state index is 10.3. The van der Waals surface area contributed by atoms with Gasteiger partial charge in [-0.15, -0.1) is 6.58 Å². The van der Waals surface area contributed by atoms with Crippen LogP contribution in [0.4, 0.5) is 10.1 Å². The molecule has 14 heavy (non-hydrogen) atoms. The third kappa shape index (κ3) is 3.14. The molecule has 1 N–H and O–H groups in total. The van der Waals surface area contributed by atoms with E-state index in [1.807, 2.05) is 6.08 Å². The SMILES string of the molecule is C=CCCCNc1ncc([N+](=O)[O-])s1. The van der Waals surface area contributed by atoms with E-state index in [-0.39, 0.29) is 5.00 Å². The zero-order chi connectivity index (χ0) is 10.4. The van der Waals surface area contributed by atoms with Gasteiger partial charge in [0.25, 0.3) is 0 Å². The van der Waals surface area contributed by atoms with Crippen LogP contribution < -0.4 is 5.32 Å². The quantitative estimate of drug-likeness (QED) is 0.341. The van der Waals surface area contributed by atoms with E-state index in [9.17, 15) is 10.1 Å². The monoisotopic (exact) mass is 213 g/mol. The summed E-state index contributed by atoms with van der Waals surface area (Å²) in [5.74, 6) is 0. The summed E-state index contributed by atoms with van der Waals surface area (Å²) in [5.41, 5.74) is 0. The maximum Gasteiger partial charge on any atom is 0.345 e. The zero-order valence-corrected chi connectivity index (χ0v) is 8.42. The highest BCUT2D eigenvalue weighted by molar-refractivity contribution is 7.18. The summed E-state index contributed by atoms with van der Waals surface area (Å²) in [6.07, 6.45) is 4.99. The molecule has 1 aromatic rings.